The third kappa shape index (κ3) is 3.76. The third-order valence-electron chi connectivity index (χ3n) is 4.74. The first-order valence-electron chi connectivity index (χ1n) is 9.23. The number of carbonyl (C=O) groups is 1. The molecule has 4 nitrogen and oxygen atoms in total. The fraction of sp³-hybridized carbons (Fsp3) is 0.130. The van der Waals surface area contributed by atoms with Crippen molar-refractivity contribution in [1.82, 2.24) is 4.98 Å². The Balaban J connectivity index is 1.83. The Morgan fingerprint density at radius 2 is 1.83 bits per heavy atom. The maximum absolute atomic E-state index is 13.8. The van der Waals surface area contributed by atoms with Gasteiger partial charge in [0.1, 0.15) is 11.3 Å². The number of amides is 1. The number of aromatic nitrogens is 1. The summed E-state index contributed by atoms with van der Waals surface area (Å²) < 4.78 is 33.5. The van der Waals surface area contributed by atoms with Crippen LogP contribution in [-0.4, -0.2) is 18.0 Å². The molecule has 0 aliphatic carbocycles. The van der Waals surface area contributed by atoms with Crippen LogP contribution in [0.3, 0.4) is 0 Å². The molecule has 0 unspecified atom stereocenters. The van der Waals surface area contributed by atoms with E-state index in [1.54, 1.807) is 7.11 Å². The van der Waals surface area contributed by atoms with Gasteiger partial charge in [0.05, 0.1) is 18.4 Å². The van der Waals surface area contributed by atoms with Crippen molar-refractivity contribution in [3.8, 4) is 5.75 Å². The average molecular weight is 424 g/mol. The lowest BCUT2D eigenvalue weighted by atomic mass is 10.1. The van der Waals surface area contributed by atoms with E-state index in [0.717, 1.165) is 28.0 Å². The van der Waals surface area contributed by atoms with Crippen LogP contribution in [0.1, 0.15) is 21.5 Å². The molecule has 0 aliphatic heterocycles. The first kappa shape index (κ1) is 20.0. The number of halogens is 2. The van der Waals surface area contributed by atoms with Gasteiger partial charge >= 0.3 is 0 Å². The highest BCUT2D eigenvalue weighted by Crippen LogP contribution is 2.37. The summed E-state index contributed by atoms with van der Waals surface area (Å²) in [6.45, 7) is 2.20. The van der Waals surface area contributed by atoms with Gasteiger partial charge < -0.3 is 4.74 Å². The van der Waals surface area contributed by atoms with Crippen LogP contribution in [-0.2, 0) is 6.54 Å². The lowest BCUT2D eigenvalue weighted by molar-refractivity contribution is 0.0984. The summed E-state index contributed by atoms with van der Waals surface area (Å²) in [6.07, 6.45) is 0. The molecular weight excluding hydrogens is 406 g/mol. The zero-order valence-electron chi connectivity index (χ0n) is 16.4. The number of carbonyl (C=O) groups excluding carboxylic acids is 1. The molecule has 0 N–H and O–H groups in total. The molecule has 0 saturated carbocycles. The second-order valence-electron chi connectivity index (χ2n) is 6.76. The van der Waals surface area contributed by atoms with E-state index in [4.69, 9.17) is 4.74 Å². The molecule has 1 amide bonds. The van der Waals surface area contributed by atoms with E-state index < -0.39 is 17.5 Å². The van der Waals surface area contributed by atoms with Crippen molar-refractivity contribution in [1.29, 1.82) is 0 Å². The molecule has 0 atom stereocenters. The van der Waals surface area contributed by atoms with Crippen LogP contribution >= 0.6 is 11.3 Å². The highest BCUT2D eigenvalue weighted by Gasteiger charge is 2.24. The number of fused-ring (bicyclic) bond motifs is 1. The largest absolute Gasteiger partial charge is 0.494 e. The molecule has 0 aliphatic rings. The molecule has 0 radical (unpaired) electrons. The summed E-state index contributed by atoms with van der Waals surface area (Å²) in [5.41, 5.74) is 2.60. The molecule has 3 aromatic carbocycles. The van der Waals surface area contributed by atoms with Gasteiger partial charge in [-0.3, -0.25) is 9.69 Å². The average Bonchev–Trinajstić information content (AvgIpc) is 3.21. The number of thiazole rings is 1. The van der Waals surface area contributed by atoms with Crippen LogP contribution in [0, 0.1) is 18.6 Å². The van der Waals surface area contributed by atoms with E-state index in [-0.39, 0.29) is 12.1 Å². The minimum Gasteiger partial charge on any atom is -0.494 e. The summed E-state index contributed by atoms with van der Waals surface area (Å²) >= 11 is 1.36. The van der Waals surface area contributed by atoms with Crippen LogP contribution in [0.25, 0.3) is 10.2 Å². The van der Waals surface area contributed by atoms with E-state index >= 15 is 0 Å². The molecule has 1 aromatic heterocycles. The van der Waals surface area contributed by atoms with Gasteiger partial charge in [-0.05, 0) is 42.3 Å². The van der Waals surface area contributed by atoms with Crippen LogP contribution in [0.15, 0.2) is 60.7 Å². The number of benzene rings is 3. The van der Waals surface area contributed by atoms with Crippen molar-refractivity contribution in [3.63, 3.8) is 0 Å². The van der Waals surface area contributed by atoms with Crippen molar-refractivity contribution in [2.24, 2.45) is 0 Å². The highest BCUT2D eigenvalue weighted by atomic mass is 32.1. The number of nitrogens with zero attached hydrogens (tertiary/aromatic N) is 2. The Hall–Kier alpha value is -3.32. The molecule has 152 valence electrons. The molecule has 1 heterocycles. The zero-order chi connectivity index (χ0) is 21.3. The Labute approximate surface area is 176 Å². The summed E-state index contributed by atoms with van der Waals surface area (Å²) in [5, 5.41) is 0.455. The predicted molar refractivity (Wildman–Crippen MR) is 114 cm³/mol. The maximum atomic E-state index is 13.8. The van der Waals surface area contributed by atoms with Crippen molar-refractivity contribution in [3.05, 3.63) is 89.0 Å². The Morgan fingerprint density at radius 1 is 1.07 bits per heavy atom. The lowest BCUT2D eigenvalue weighted by Gasteiger charge is -2.20. The van der Waals surface area contributed by atoms with Gasteiger partial charge in [-0.2, -0.15) is 0 Å². The summed E-state index contributed by atoms with van der Waals surface area (Å²) in [6, 6.07) is 16.3. The summed E-state index contributed by atoms with van der Waals surface area (Å²) in [7, 11) is 1.57. The molecule has 4 rings (SSSR count). The highest BCUT2D eigenvalue weighted by molar-refractivity contribution is 7.22. The quantitative estimate of drug-likeness (QED) is 0.410. The van der Waals surface area contributed by atoms with Gasteiger partial charge in [-0.1, -0.05) is 47.7 Å². The van der Waals surface area contributed by atoms with Gasteiger partial charge in [-0.25, -0.2) is 13.8 Å². The number of ether oxygens (including phenoxy) is 1. The van der Waals surface area contributed by atoms with Crippen LogP contribution in [0.5, 0.6) is 5.75 Å². The van der Waals surface area contributed by atoms with Gasteiger partial charge in [0.25, 0.3) is 5.91 Å². The number of aryl methyl sites for hydroxylation is 1. The fourth-order valence-electron chi connectivity index (χ4n) is 3.16. The normalized spacial score (nSPS) is 10.9. The number of hydrogen-bond donors (Lipinski definition) is 0. The first-order valence-corrected chi connectivity index (χ1v) is 10.0. The first-order chi connectivity index (χ1) is 14.5. The van der Waals surface area contributed by atoms with Crippen molar-refractivity contribution in [2.45, 2.75) is 13.5 Å². The second kappa shape index (κ2) is 8.20. The van der Waals surface area contributed by atoms with Gasteiger partial charge in [0.2, 0.25) is 0 Å². The van der Waals surface area contributed by atoms with Gasteiger partial charge in [-0.15, -0.1) is 0 Å². The molecule has 0 fully saturated rings. The number of rotatable bonds is 5. The molecule has 0 spiro atoms. The Morgan fingerprint density at radius 3 is 2.53 bits per heavy atom. The lowest BCUT2D eigenvalue weighted by Crippen LogP contribution is -2.30. The molecule has 0 bridgehead atoms. The molecule has 7 heteroatoms. The van der Waals surface area contributed by atoms with E-state index in [1.165, 1.54) is 22.3 Å². The summed E-state index contributed by atoms with van der Waals surface area (Å²) in [4.78, 5) is 19.4. The Kier molecular flexibility index (Phi) is 5.46. The number of hydrogen-bond acceptors (Lipinski definition) is 4. The maximum Gasteiger partial charge on any atom is 0.260 e. The van der Waals surface area contributed by atoms with Crippen molar-refractivity contribution >= 4 is 32.6 Å². The Bertz CT molecular complexity index is 1220. The van der Waals surface area contributed by atoms with E-state index in [2.05, 4.69) is 4.98 Å². The van der Waals surface area contributed by atoms with Crippen LogP contribution < -0.4 is 9.64 Å². The third-order valence-corrected chi connectivity index (χ3v) is 5.95. The van der Waals surface area contributed by atoms with E-state index in [0.29, 0.717) is 16.4 Å². The minimum atomic E-state index is -1.07. The molecular formula is C23H18F2N2O2S. The smallest absolute Gasteiger partial charge is 0.260 e. The van der Waals surface area contributed by atoms with Gasteiger partial charge in [0, 0.05) is 5.56 Å². The zero-order valence-corrected chi connectivity index (χ0v) is 17.2. The van der Waals surface area contributed by atoms with Crippen LogP contribution in [0.4, 0.5) is 13.9 Å². The molecule has 4 aromatic rings. The topological polar surface area (TPSA) is 42.4 Å². The number of methoxy groups -OCH3 is 1. The minimum absolute atomic E-state index is 0.0489. The van der Waals surface area contributed by atoms with Crippen molar-refractivity contribution in [2.75, 3.05) is 12.0 Å². The van der Waals surface area contributed by atoms with E-state index in [9.17, 15) is 13.6 Å². The molecule has 30 heavy (non-hydrogen) atoms. The SMILES string of the molecule is COc1ccc(C)c2sc(N(Cc3ccccc3)C(=O)c3ccc(F)c(F)c3)nc12. The molecule has 0 saturated heterocycles. The standard InChI is InChI=1S/C23H18F2N2O2S/c1-14-8-11-19(29-2)20-21(14)30-23(26-20)27(13-15-6-4-3-5-7-15)22(28)16-9-10-17(24)18(25)12-16/h3-12H,13H2,1-2H3. The van der Waals surface area contributed by atoms with Crippen LogP contribution in [0.2, 0.25) is 0 Å². The van der Waals surface area contributed by atoms with E-state index in [1.807, 2.05) is 49.4 Å². The second-order valence-corrected chi connectivity index (χ2v) is 7.74. The monoisotopic (exact) mass is 424 g/mol. The number of anilines is 1. The van der Waals surface area contributed by atoms with Crippen molar-refractivity contribution < 1.29 is 18.3 Å². The fourth-order valence-corrected chi connectivity index (χ4v) is 4.20. The predicted octanol–water partition coefficient (Wildman–Crippen LogP) is 5.74. The summed E-state index contributed by atoms with van der Waals surface area (Å²) in [5.74, 6) is -1.92. The van der Waals surface area contributed by atoms with Gasteiger partial charge in [0.15, 0.2) is 16.8 Å².